The van der Waals surface area contributed by atoms with E-state index in [0.29, 0.717) is 27.7 Å². The number of allylic oxidation sites excluding steroid dienone is 4. The molecule has 0 unspecified atom stereocenters. The highest BCUT2D eigenvalue weighted by Gasteiger charge is 2.13. The lowest BCUT2D eigenvalue weighted by atomic mass is 10.1. The SMILES string of the molecule is C=C(/C=C(/N)C(F)=C(C)C)c1n[nH]c2c(F)cc(C)cc12. The third kappa shape index (κ3) is 2.86. The maximum absolute atomic E-state index is 13.8. The largest absolute Gasteiger partial charge is 0.396 e. The summed E-state index contributed by atoms with van der Waals surface area (Å²) < 4.78 is 27.5. The highest BCUT2D eigenvalue weighted by molar-refractivity contribution is 5.93. The number of H-pyrrole nitrogens is 1. The molecular weight excluding hydrogens is 272 g/mol. The molecule has 2 aromatic rings. The van der Waals surface area contributed by atoms with E-state index in [9.17, 15) is 8.78 Å². The molecule has 0 aliphatic heterocycles. The van der Waals surface area contributed by atoms with E-state index < -0.39 is 5.83 Å². The van der Waals surface area contributed by atoms with Gasteiger partial charge >= 0.3 is 0 Å². The van der Waals surface area contributed by atoms with Crippen LogP contribution in [0.2, 0.25) is 0 Å². The number of aromatic nitrogens is 2. The molecule has 0 atom stereocenters. The Morgan fingerprint density at radius 2 is 2.05 bits per heavy atom. The number of nitrogens with two attached hydrogens (primary N) is 1. The van der Waals surface area contributed by atoms with E-state index in [2.05, 4.69) is 16.8 Å². The molecule has 0 amide bonds. The van der Waals surface area contributed by atoms with Crippen LogP contribution in [-0.2, 0) is 0 Å². The van der Waals surface area contributed by atoms with Gasteiger partial charge in [-0.2, -0.15) is 5.10 Å². The molecule has 5 heteroatoms. The molecule has 1 heterocycles. The molecule has 0 bridgehead atoms. The van der Waals surface area contributed by atoms with Gasteiger partial charge in [0.2, 0.25) is 0 Å². The summed E-state index contributed by atoms with van der Waals surface area (Å²) in [4.78, 5) is 0. The second kappa shape index (κ2) is 5.52. The van der Waals surface area contributed by atoms with Gasteiger partial charge in [0.25, 0.3) is 0 Å². The zero-order valence-corrected chi connectivity index (χ0v) is 12.2. The molecule has 0 fully saturated rings. The average molecular weight is 289 g/mol. The fourth-order valence-electron chi connectivity index (χ4n) is 2.07. The van der Waals surface area contributed by atoms with Crippen LogP contribution < -0.4 is 5.73 Å². The number of benzene rings is 1. The van der Waals surface area contributed by atoms with Gasteiger partial charge in [0.1, 0.15) is 17.2 Å². The Morgan fingerprint density at radius 3 is 2.67 bits per heavy atom. The second-order valence-electron chi connectivity index (χ2n) is 5.18. The second-order valence-corrected chi connectivity index (χ2v) is 5.18. The Kier molecular flexibility index (Phi) is 3.93. The van der Waals surface area contributed by atoms with Gasteiger partial charge in [0, 0.05) is 5.39 Å². The number of rotatable bonds is 3. The first-order valence-electron chi connectivity index (χ1n) is 6.45. The standard InChI is InChI=1S/C16H17F2N3/c1-8(2)14(18)13(19)7-10(4)15-11-5-9(3)6-12(17)16(11)21-20-15/h5-7H,4,19H2,1-3H3,(H,20,21)/b13-7+. The average Bonchev–Trinajstić information content (AvgIpc) is 2.81. The Morgan fingerprint density at radius 1 is 1.38 bits per heavy atom. The van der Waals surface area contributed by atoms with E-state index in [-0.39, 0.29) is 11.5 Å². The number of hydrogen-bond acceptors (Lipinski definition) is 2. The number of nitrogens with one attached hydrogen (secondary N) is 1. The number of aromatic amines is 1. The molecule has 1 aromatic heterocycles. The van der Waals surface area contributed by atoms with Gasteiger partial charge in [-0.05, 0) is 55.7 Å². The summed E-state index contributed by atoms with van der Waals surface area (Å²) >= 11 is 0. The molecular formula is C16H17F2N3. The van der Waals surface area contributed by atoms with Crippen molar-refractivity contribution >= 4 is 16.5 Å². The van der Waals surface area contributed by atoms with E-state index in [1.54, 1.807) is 26.8 Å². The summed E-state index contributed by atoms with van der Waals surface area (Å²) in [6.07, 6.45) is 1.40. The summed E-state index contributed by atoms with van der Waals surface area (Å²) in [6.45, 7) is 8.88. The Bertz CT molecular complexity index is 778. The molecule has 0 spiro atoms. The van der Waals surface area contributed by atoms with Gasteiger partial charge in [0.15, 0.2) is 0 Å². The van der Waals surface area contributed by atoms with Crippen LogP contribution in [0, 0.1) is 12.7 Å². The predicted molar refractivity (Wildman–Crippen MR) is 81.6 cm³/mol. The molecule has 0 radical (unpaired) electrons. The van der Waals surface area contributed by atoms with E-state index in [0.717, 1.165) is 5.56 Å². The quantitative estimate of drug-likeness (QED) is 0.835. The van der Waals surface area contributed by atoms with E-state index in [1.807, 2.05) is 0 Å². The van der Waals surface area contributed by atoms with E-state index in [1.165, 1.54) is 12.1 Å². The van der Waals surface area contributed by atoms with Crippen molar-refractivity contribution < 1.29 is 8.78 Å². The molecule has 0 saturated carbocycles. The minimum atomic E-state index is -0.488. The number of halogens is 2. The van der Waals surface area contributed by atoms with Crippen LogP contribution in [-0.4, -0.2) is 10.2 Å². The van der Waals surface area contributed by atoms with E-state index >= 15 is 0 Å². The van der Waals surface area contributed by atoms with Crippen molar-refractivity contribution in [2.75, 3.05) is 0 Å². The predicted octanol–water partition coefficient (Wildman–Crippen LogP) is 4.13. The Balaban J connectivity index is 2.51. The summed E-state index contributed by atoms with van der Waals surface area (Å²) in [6, 6.07) is 3.21. The van der Waals surface area contributed by atoms with E-state index in [4.69, 9.17) is 5.73 Å². The molecule has 0 saturated heterocycles. The highest BCUT2D eigenvalue weighted by atomic mass is 19.1. The number of nitrogens with zero attached hydrogens (tertiary/aromatic N) is 1. The van der Waals surface area contributed by atoms with Gasteiger partial charge in [0.05, 0.1) is 11.4 Å². The van der Waals surface area contributed by atoms with Crippen molar-refractivity contribution in [3.63, 3.8) is 0 Å². The van der Waals surface area contributed by atoms with Gasteiger partial charge in [-0.3, -0.25) is 5.10 Å². The molecule has 0 aliphatic carbocycles. The molecule has 3 N–H and O–H groups in total. The monoisotopic (exact) mass is 289 g/mol. The maximum atomic E-state index is 13.8. The fraction of sp³-hybridized carbons (Fsp3) is 0.188. The van der Waals surface area contributed by atoms with Crippen molar-refractivity contribution in [1.29, 1.82) is 0 Å². The lowest BCUT2D eigenvalue weighted by molar-refractivity contribution is 0.635. The minimum absolute atomic E-state index is 0.0238. The molecule has 0 aliphatic rings. The van der Waals surface area contributed by atoms with Gasteiger partial charge in [-0.1, -0.05) is 6.58 Å². The van der Waals surface area contributed by atoms with Crippen LogP contribution in [0.15, 0.2) is 41.9 Å². The van der Waals surface area contributed by atoms with Crippen LogP contribution >= 0.6 is 0 Å². The van der Waals surface area contributed by atoms with Crippen molar-refractivity contribution in [1.82, 2.24) is 10.2 Å². The topological polar surface area (TPSA) is 54.7 Å². The number of aryl methyl sites for hydroxylation is 1. The smallest absolute Gasteiger partial charge is 0.149 e. The van der Waals surface area contributed by atoms with Crippen LogP contribution in [0.3, 0.4) is 0 Å². The molecule has 1 aromatic carbocycles. The Labute approximate surface area is 121 Å². The molecule has 21 heavy (non-hydrogen) atoms. The Hall–Kier alpha value is -2.43. The van der Waals surface area contributed by atoms with Gasteiger partial charge < -0.3 is 5.73 Å². The lowest BCUT2D eigenvalue weighted by Crippen LogP contribution is -2.00. The van der Waals surface area contributed by atoms with Gasteiger partial charge in [-0.25, -0.2) is 8.78 Å². The van der Waals surface area contributed by atoms with Crippen molar-refractivity contribution in [2.24, 2.45) is 5.73 Å². The zero-order chi connectivity index (χ0) is 15.7. The molecule has 3 nitrogen and oxygen atoms in total. The van der Waals surface area contributed by atoms with Crippen LogP contribution in [0.25, 0.3) is 16.5 Å². The minimum Gasteiger partial charge on any atom is -0.396 e. The summed E-state index contributed by atoms with van der Waals surface area (Å²) in [5.74, 6) is -0.873. The highest BCUT2D eigenvalue weighted by Crippen LogP contribution is 2.27. The first kappa shape index (κ1) is 15.0. The molecule has 110 valence electrons. The van der Waals surface area contributed by atoms with Crippen molar-refractivity contribution in [3.05, 3.63) is 59.0 Å². The van der Waals surface area contributed by atoms with Crippen LogP contribution in [0.5, 0.6) is 0 Å². The summed E-state index contributed by atoms with van der Waals surface area (Å²) in [5, 5.41) is 7.28. The van der Waals surface area contributed by atoms with Crippen molar-refractivity contribution in [2.45, 2.75) is 20.8 Å². The normalized spacial score (nSPS) is 11.8. The summed E-state index contributed by atoms with van der Waals surface area (Å²) in [7, 11) is 0. The van der Waals surface area contributed by atoms with Crippen molar-refractivity contribution in [3.8, 4) is 0 Å². The number of hydrogen-bond donors (Lipinski definition) is 2. The maximum Gasteiger partial charge on any atom is 0.149 e. The lowest BCUT2D eigenvalue weighted by Gasteiger charge is -2.03. The summed E-state index contributed by atoms with van der Waals surface area (Å²) in [5.41, 5.74) is 8.07. The van der Waals surface area contributed by atoms with Gasteiger partial charge in [-0.15, -0.1) is 0 Å². The third-order valence-electron chi connectivity index (χ3n) is 3.10. The zero-order valence-electron chi connectivity index (χ0n) is 12.2. The van der Waals surface area contributed by atoms with Crippen LogP contribution in [0.1, 0.15) is 25.1 Å². The first-order chi connectivity index (χ1) is 9.81. The fourth-order valence-corrected chi connectivity index (χ4v) is 2.07. The molecule has 2 rings (SSSR count). The number of fused-ring (bicyclic) bond motifs is 1. The first-order valence-corrected chi connectivity index (χ1v) is 6.45. The van der Waals surface area contributed by atoms with Crippen LogP contribution in [0.4, 0.5) is 8.78 Å². The third-order valence-corrected chi connectivity index (χ3v) is 3.10.